The Balaban J connectivity index is 2.11. The Morgan fingerprint density at radius 1 is 1.61 bits per heavy atom. The summed E-state index contributed by atoms with van der Waals surface area (Å²) in [6.45, 7) is 1.28. The maximum absolute atomic E-state index is 12.3. The Kier molecular flexibility index (Phi) is 2.97. The Morgan fingerprint density at radius 2 is 2.50 bits per heavy atom. The van der Waals surface area contributed by atoms with Crippen LogP contribution in [0.5, 0.6) is 0 Å². The molecule has 94 valence electrons. The molecular weight excluding hydrogens is 250 g/mol. The van der Waals surface area contributed by atoms with Crippen molar-refractivity contribution in [3.8, 4) is 0 Å². The molecule has 5 nitrogen and oxygen atoms in total. The van der Waals surface area contributed by atoms with Crippen LogP contribution in [0.4, 0.5) is 0 Å². The normalized spacial score (nSPS) is 19.4. The van der Waals surface area contributed by atoms with Gasteiger partial charge in [-0.25, -0.2) is 4.98 Å². The highest BCUT2D eigenvalue weighted by Crippen LogP contribution is 2.13. The van der Waals surface area contributed by atoms with E-state index in [0.717, 1.165) is 19.4 Å². The molecule has 0 radical (unpaired) electrons. The maximum atomic E-state index is 12.3. The van der Waals surface area contributed by atoms with Gasteiger partial charge in [-0.3, -0.25) is 9.36 Å². The van der Waals surface area contributed by atoms with Gasteiger partial charge < -0.3 is 9.72 Å². The van der Waals surface area contributed by atoms with Gasteiger partial charge in [-0.15, -0.1) is 0 Å². The van der Waals surface area contributed by atoms with E-state index >= 15 is 0 Å². The SMILES string of the molecule is O=c1c2cccnc2[nH]c(=S)n1C[C@H]1CCCO1. The van der Waals surface area contributed by atoms with E-state index in [2.05, 4.69) is 9.97 Å². The molecule has 18 heavy (non-hydrogen) atoms. The minimum absolute atomic E-state index is 0.0897. The molecule has 0 bridgehead atoms. The molecular formula is C12H13N3O2S. The Bertz CT molecular complexity index is 686. The largest absolute Gasteiger partial charge is 0.376 e. The van der Waals surface area contributed by atoms with Gasteiger partial charge in [0.1, 0.15) is 5.65 Å². The van der Waals surface area contributed by atoms with Crippen LogP contribution in [0.3, 0.4) is 0 Å². The van der Waals surface area contributed by atoms with Crippen LogP contribution in [0.1, 0.15) is 12.8 Å². The number of ether oxygens (including phenoxy) is 1. The Hall–Kier alpha value is -1.53. The molecule has 6 heteroatoms. The van der Waals surface area contributed by atoms with Crippen molar-refractivity contribution in [1.29, 1.82) is 0 Å². The molecule has 1 aliphatic rings. The number of fused-ring (bicyclic) bond motifs is 1. The van der Waals surface area contributed by atoms with Gasteiger partial charge >= 0.3 is 0 Å². The molecule has 3 heterocycles. The third-order valence-electron chi connectivity index (χ3n) is 3.16. The number of hydrogen-bond donors (Lipinski definition) is 1. The molecule has 0 unspecified atom stereocenters. The predicted molar refractivity (Wildman–Crippen MR) is 70.2 cm³/mol. The van der Waals surface area contributed by atoms with Gasteiger partial charge in [-0.2, -0.15) is 0 Å². The molecule has 1 fully saturated rings. The highest BCUT2D eigenvalue weighted by molar-refractivity contribution is 7.71. The van der Waals surface area contributed by atoms with E-state index in [1.807, 2.05) is 0 Å². The summed E-state index contributed by atoms with van der Waals surface area (Å²) in [4.78, 5) is 19.4. The molecule has 3 rings (SSSR count). The van der Waals surface area contributed by atoms with Gasteiger partial charge in [-0.1, -0.05) is 0 Å². The van der Waals surface area contributed by atoms with Gasteiger partial charge in [0.05, 0.1) is 18.0 Å². The van der Waals surface area contributed by atoms with E-state index in [9.17, 15) is 4.79 Å². The fourth-order valence-electron chi connectivity index (χ4n) is 2.24. The number of aromatic nitrogens is 3. The number of nitrogens with zero attached hydrogens (tertiary/aromatic N) is 2. The summed E-state index contributed by atoms with van der Waals surface area (Å²) < 4.78 is 7.51. The van der Waals surface area contributed by atoms with E-state index < -0.39 is 0 Å². The number of rotatable bonds is 2. The van der Waals surface area contributed by atoms with Crippen molar-refractivity contribution in [1.82, 2.24) is 14.5 Å². The van der Waals surface area contributed by atoms with Crippen LogP contribution in [0.25, 0.3) is 11.0 Å². The van der Waals surface area contributed by atoms with Gasteiger partial charge in [0, 0.05) is 12.8 Å². The third kappa shape index (κ3) is 1.97. The van der Waals surface area contributed by atoms with Crippen molar-refractivity contribution < 1.29 is 4.74 Å². The minimum Gasteiger partial charge on any atom is -0.376 e. The second kappa shape index (κ2) is 4.62. The number of hydrogen-bond acceptors (Lipinski definition) is 4. The van der Waals surface area contributed by atoms with Crippen LogP contribution in [0.15, 0.2) is 23.1 Å². The smallest absolute Gasteiger partial charge is 0.263 e. The molecule has 1 N–H and O–H groups in total. The standard InChI is InChI=1S/C12H13N3O2S/c16-11-9-4-1-5-13-10(9)14-12(18)15(11)7-8-3-2-6-17-8/h1,4-5,8H,2-3,6-7H2,(H,13,14,18)/t8-/m1/s1. The van der Waals surface area contributed by atoms with E-state index in [1.165, 1.54) is 0 Å². The molecule has 0 spiro atoms. The zero-order chi connectivity index (χ0) is 12.5. The zero-order valence-electron chi connectivity index (χ0n) is 9.76. The average molecular weight is 263 g/mol. The molecule has 2 aromatic rings. The lowest BCUT2D eigenvalue weighted by molar-refractivity contribution is 0.0957. The van der Waals surface area contributed by atoms with Gasteiger partial charge in [0.2, 0.25) is 0 Å². The first-order chi connectivity index (χ1) is 8.75. The number of H-pyrrole nitrogens is 1. The quantitative estimate of drug-likeness (QED) is 0.837. The number of pyridine rings is 1. The monoisotopic (exact) mass is 263 g/mol. The summed E-state index contributed by atoms with van der Waals surface area (Å²) in [6, 6.07) is 3.50. The second-order valence-corrected chi connectivity index (χ2v) is 4.77. The van der Waals surface area contributed by atoms with E-state index in [0.29, 0.717) is 22.3 Å². The summed E-state index contributed by atoms with van der Waals surface area (Å²) in [7, 11) is 0. The van der Waals surface area contributed by atoms with Crippen LogP contribution in [0, 0.1) is 4.77 Å². The van der Waals surface area contributed by atoms with Crippen molar-refractivity contribution in [2.45, 2.75) is 25.5 Å². The summed E-state index contributed by atoms with van der Waals surface area (Å²) in [6.07, 6.45) is 3.75. The van der Waals surface area contributed by atoms with Crippen LogP contribution in [0.2, 0.25) is 0 Å². The van der Waals surface area contributed by atoms with Crippen LogP contribution in [-0.2, 0) is 11.3 Å². The first-order valence-corrected chi connectivity index (χ1v) is 6.36. The highest BCUT2D eigenvalue weighted by Gasteiger charge is 2.17. The lowest BCUT2D eigenvalue weighted by atomic mass is 10.2. The lowest BCUT2D eigenvalue weighted by Crippen LogP contribution is -2.28. The van der Waals surface area contributed by atoms with E-state index in [1.54, 1.807) is 22.9 Å². The van der Waals surface area contributed by atoms with Crippen molar-refractivity contribution in [2.24, 2.45) is 0 Å². The zero-order valence-corrected chi connectivity index (χ0v) is 10.6. The topological polar surface area (TPSA) is 59.9 Å². The van der Waals surface area contributed by atoms with Gasteiger partial charge in [0.25, 0.3) is 5.56 Å². The number of nitrogens with one attached hydrogen (secondary N) is 1. The molecule has 0 saturated carbocycles. The molecule has 0 aliphatic carbocycles. The molecule has 0 aromatic carbocycles. The summed E-state index contributed by atoms with van der Waals surface area (Å²) in [5.41, 5.74) is 0.438. The predicted octanol–water partition coefficient (Wildman–Crippen LogP) is 1.63. The minimum atomic E-state index is -0.0997. The number of aromatic amines is 1. The van der Waals surface area contributed by atoms with Crippen molar-refractivity contribution in [3.05, 3.63) is 33.5 Å². The van der Waals surface area contributed by atoms with Gasteiger partial charge in [0.15, 0.2) is 4.77 Å². The molecule has 1 saturated heterocycles. The van der Waals surface area contributed by atoms with Crippen molar-refractivity contribution >= 4 is 23.3 Å². The molecule has 0 amide bonds. The molecule has 1 atom stereocenters. The van der Waals surface area contributed by atoms with Gasteiger partial charge in [-0.05, 0) is 37.2 Å². The fourth-order valence-corrected chi connectivity index (χ4v) is 2.50. The fraction of sp³-hybridized carbons (Fsp3) is 0.417. The summed E-state index contributed by atoms with van der Waals surface area (Å²) >= 11 is 5.21. The average Bonchev–Trinajstić information content (AvgIpc) is 2.87. The molecule has 1 aliphatic heterocycles. The Morgan fingerprint density at radius 3 is 3.28 bits per heavy atom. The maximum Gasteiger partial charge on any atom is 0.263 e. The lowest BCUT2D eigenvalue weighted by Gasteiger charge is -2.12. The van der Waals surface area contributed by atoms with Crippen LogP contribution in [-0.4, -0.2) is 27.2 Å². The van der Waals surface area contributed by atoms with Crippen LogP contribution >= 0.6 is 12.2 Å². The first-order valence-electron chi connectivity index (χ1n) is 5.95. The second-order valence-electron chi connectivity index (χ2n) is 4.38. The van der Waals surface area contributed by atoms with Crippen molar-refractivity contribution in [3.63, 3.8) is 0 Å². The highest BCUT2D eigenvalue weighted by atomic mass is 32.1. The first kappa shape index (κ1) is 11.6. The van der Waals surface area contributed by atoms with E-state index in [-0.39, 0.29) is 11.7 Å². The molecule has 2 aromatic heterocycles. The summed E-state index contributed by atoms with van der Waals surface area (Å²) in [5, 5.41) is 0.559. The van der Waals surface area contributed by atoms with E-state index in [4.69, 9.17) is 17.0 Å². The van der Waals surface area contributed by atoms with Crippen LogP contribution < -0.4 is 5.56 Å². The Labute approximate surface area is 108 Å². The summed E-state index contributed by atoms with van der Waals surface area (Å²) in [5.74, 6) is 0. The van der Waals surface area contributed by atoms with Crippen molar-refractivity contribution in [2.75, 3.05) is 6.61 Å². The third-order valence-corrected chi connectivity index (χ3v) is 3.49.